The van der Waals surface area contributed by atoms with Crippen LogP contribution in [0, 0.1) is 12.7 Å². The predicted octanol–water partition coefficient (Wildman–Crippen LogP) is 6.55. The number of pyridine rings is 1. The van der Waals surface area contributed by atoms with Gasteiger partial charge in [0.2, 0.25) is 5.91 Å². The van der Waals surface area contributed by atoms with E-state index in [1.54, 1.807) is 12.3 Å². The fraction of sp³-hybridized carbons (Fsp3) is 0.179. The number of nitrogens with one attached hydrogen (secondary N) is 2. The molecule has 1 fully saturated rings. The van der Waals surface area contributed by atoms with Crippen LogP contribution in [0.5, 0.6) is 0 Å². The molecule has 2 N–H and O–H groups in total. The van der Waals surface area contributed by atoms with E-state index in [4.69, 9.17) is 16.6 Å². The SMILES string of the molecule is Cc1ccc(NC(=O)CCN2C(=S)N[C@H](c3ccccn3)[C@@H]2c2ccc(-c3ccc(F)cc3Br)o2)cc1. The van der Waals surface area contributed by atoms with Gasteiger partial charge in [-0.2, -0.15) is 0 Å². The van der Waals surface area contributed by atoms with Crippen molar-refractivity contribution >= 4 is 44.9 Å². The number of anilines is 1. The van der Waals surface area contributed by atoms with Gasteiger partial charge in [-0.15, -0.1) is 0 Å². The minimum Gasteiger partial charge on any atom is -0.459 e. The van der Waals surface area contributed by atoms with Gasteiger partial charge in [0.05, 0.1) is 11.7 Å². The van der Waals surface area contributed by atoms with E-state index in [1.807, 2.05) is 66.4 Å². The Kier molecular flexibility index (Phi) is 7.34. The highest BCUT2D eigenvalue weighted by atomic mass is 79.9. The lowest BCUT2D eigenvalue weighted by atomic mass is 10.0. The molecule has 0 radical (unpaired) electrons. The molecule has 0 unspecified atom stereocenters. The van der Waals surface area contributed by atoms with Crippen molar-refractivity contribution < 1.29 is 13.6 Å². The highest BCUT2D eigenvalue weighted by molar-refractivity contribution is 9.10. The van der Waals surface area contributed by atoms with Crippen molar-refractivity contribution in [1.29, 1.82) is 0 Å². The zero-order chi connectivity index (χ0) is 25.9. The van der Waals surface area contributed by atoms with Crippen LogP contribution < -0.4 is 10.6 Å². The molecular formula is C28H24BrFN4O2S. The smallest absolute Gasteiger partial charge is 0.226 e. The van der Waals surface area contributed by atoms with Crippen molar-refractivity contribution in [2.75, 3.05) is 11.9 Å². The topological polar surface area (TPSA) is 70.4 Å². The van der Waals surface area contributed by atoms with Gasteiger partial charge in [0.15, 0.2) is 5.11 Å². The first-order valence-corrected chi connectivity index (χ1v) is 13.0. The number of aromatic nitrogens is 1. The average Bonchev–Trinajstić information content (AvgIpc) is 3.49. The minimum absolute atomic E-state index is 0.109. The van der Waals surface area contributed by atoms with E-state index in [-0.39, 0.29) is 30.2 Å². The average molecular weight is 579 g/mol. The molecule has 0 spiro atoms. The first-order chi connectivity index (χ1) is 17.9. The predicted molar refractivity (Wildman–Crippen MR) is 148 cm³/mol. The Morgan fingerprint density at radius 2 is 1.97 bits per heavy atom. The van der Waals surface area contributed by atoms with Crippen LogP contribution in [0.3, 0.4) is 0 Å². The summed E-state index contributed by atoms with van der Waals surface area (Å²) in [5.74, 6) is 0.810. The second-order valence-electron chi connectivity index (χ2n) is 8.81. The van der Waals surface area contributed by atoms with Gasteiger partial charge < -0.3 is 20.0 Å². The normalized spacial score (nSPS) is 17.1. The first kappa shape index (κ1) is 25.1. The van der Waals surface area contributed by atoms with Gasteiger partial charge in [-0.1, -0.05) is 23.8 Å². The zero-order valence-corrected chi connectivity index (χ0v) is 22.4. The van der Waals surface area contributed by atoms with Gasteiger partial charge >= 0.3 is 0 Å². The largest absolute Gasteiger partial charge is 0.459 e. The van der Waals surface area contributed by atoms with Gasteiger partial charge in [0.25, 0.3) is 0 Å². The molecule has 0 bridgehead atoms. The summed E-state index contributed by atoms with van der Waals surface area (Å²) in [6.45, 7) is 2.38. The molecule has 0 saturated carbocycles. The quantitative estimate of drug-likeness (QED) is 0.242. The van der Waals surface area contributed by atoms with Gasteiger partial charge in [0, 0.05) is 34.9 Å². The van der Waals surface area contributed by atoms with Crippen LogP contribution in [0.25, 0.3) is 11.3 Å². The second-order valence-corrected chi connectivity index (χ2v) is 10.1. The summed E-state index contributed by atoms with van der Waals surface area (Å²) in [4.78, 5) is 19.2. The lowest BCUT2D eigenvalue weighted by Gasteiger charge is -2.25. The van der Waals surface area contributed by atoms with E-state index in [1.165, 1.54) is 12.1 Å². The summed E-state index contributed by atoms with van der Waals surface area (Å²) in [6, 6.07) is 21.0. The molecule has 37 heavy (non-hydrogen) atoms. The zero-order valence-electron chi connectivity index (χ0n) is 19.9. The van der Waals surface area contributed by atoms with E-state index in [0.717, 1.165) is 22.5 Å². The molecule has 1 aliphatic heterocycles. The number of amides is 1. The van der Waals surface area contributed by atoms with Crippen molar-refractivity contribution in [3.8, 4) is 11.3 Å². The molecule has 2 atom stereocenters. The van der Waals surface area contributed by atoms with Crippen LogP contribution in [0.1, 0.15) is 35.5 Å². The summed E-state index contributed by atoms with van der Waals surface area (Å²) < 4.78 is 20.5. The summed E-state index contributed by atoms with van der Waals surface area (Å²) in [5, 5.41) is 6.82. The third kappa shape index (κ3) is 5.57. The van der Waals surface area contributed by atoms with Gasteiger partial charge in [-0.05, 0) is 89.7 Å². The molecule has 1 aliphatic rings. The number of carbonyl (C=O) groups is 1. The van der Waals surface area contributed by atoms with E-state index in [0.29, 0.717) is 27.7 Å². The molecule has 1 saturated heterocycles. The highest BCUT2D eigenvalue weighted by Gasteiger charge is 2.41. The summed E-state index contributed by atoms with van der Waals surface area (Å²) in [6.07, 6.45) is 1.97. The Morgan fingerprint density at radius 3 is 2.70 bits per heavy atom. The van der Waals surface area contributed by atoms with Crippen LogP contribution in [-0.4, -0.2) is 27.4 Å². The molecule has 188 valence electrons. The van der Waals surface area contributed by atoms with Crippen LogP contribution in [0.15, 0.2) is 87.9 Å². The number of rotatable bonds is 7. The Hall–Kier alpha value is -3.56. The molecule has 9 heteroatoms. The number of halogens is 2. The summed E-state index contributed by atoms with van der Waals surface area (Å²) in [7, 11) is 0. The minimum atomic E-state index is -0.335. The number of nitrogens with zero attached hydrogens (tertiary/aromatic N) is 2. The number of carbonyl (C=O) groups excluding carboxylic acids is 1. The molecule has 0 aliphatic carbocycles. The lowest BCUT2D eigenvalue weighted by molar-refractivity contribution is -0.116. The number of thiocarbonyl (C=S) groups is 1. The Bertz CT molecular complexity index is 1430. The number of furan rings is 1. The van der Waals surface area contributed by atoms with E-state index >= 15 is 0 Å². The Morgan fingerprint density at radius 1 is 1.16 bits per heavy atom. The van der Waals surface area contributed by atoms with Gasteiger partial charge in [0.1, 0.15) is 23.4 Å². The molecule has 4 aromatic rings. The summed E-state index contributed by atoms with van der Waals surface area (Å²) in [5.41, 5.74) is 3.42. The fourth-order valence-corrected chi connectivity index (χ4v) is 5.26. The second kappa shape index (κ2) is 10.8. The monoisotopic (exact) mass is 578 g/mol. The van der Waals surface area contributed by atoms with Crippen LogP contribution in [0.4, 0.5) is 10.1 Å². The first-order valence-electron chi connectivity index (χ1n) is 11.8. The number of benzene rings is 2. The molecule has 3 heterocycles. The standard InChI is InChI=1S/C28H24BrFN4O2S/c1-17-5-8-19(9-6-17)32-25(35)13-15-34-27(26(33-28(34)37)22-4-2-3-14-31-22)24-12-11-23(36-24)20-10-7-18(30)16-21(20)29/h2-12,14,16,26-27H,13,15H2,1H3,(H,32,35)(H,33,37)/t26-,27+/m1/s1. The summed E-state index contributed by atoms with van der Waals surface area (Å²) >= 11 is 9.11. The van der Waals surface area contributed by atoms with E-state index in [2.05, 4.69) is 31.5 Å². The van der Waals surface area contributed by atoms with Gasteiger partial charge in [-0.3, -0.25) is 9.78 Å². The molecule has 6 nitrogen and oxygen atoms in total. The van der Waals surface area contributed by atoms with E-state index < -0.39 is 0 Å². The number of aryl methyl sites for hydroxylation is 1. The van der Waals surface area contributed by atoms with Crippen molar-refractivity contribution in [3.63, 3.8) is 0 Å². The third-order valence-corrected chi connectivity index (χ3v) is 7.24. The van der Waals surface area contributed by atoms with Crippen molar-refractivity contribution in [2.45, 2.75) is 25.4 Å². The van der Waals surface area contributed by atoms with Crippen molar-refractivity contribution in [1.82, 2.24) is 15.2 Å². The van der Waals surface area contributed by atoms with Crippen LogP contribution in [-0.2, 0) is 4.79 Å². The molecule has 5 rings (SSSR count). The number of hydrogen-bond donors (Lipinski definition) is 2. The lowest BCUT2D eigenvalue weighted by Crippen LogP contribution is -2.32. The maximum atomic E-state index is 13.6. The van der Waals surface area contributed by atoms with Crippen LogP contribution >= 0.6 is 28.1 Å². The van der Waals surface area contributed by atoms with Crippen molar-refractivity contribution in [2.24, 2.45) is 0 Å². The van der Waals surface area contributed by atoms with Crippen LogP contribution in [0.2, 0.25) is 0 Å². The fourth-order valence-electron chi connectivity index (χ4n) is 4.38. The molecule has 2 aromatic heterocycles. The van der Waals surface area contributed by atoms with Gasteiger partial charge in [-0.25, -0.2) is 4.39 Å². The Balaban J connectivity index is 1.40. The maximum absolute atomic E-state index is 13.6. The molecule has 2 aromatic carbocycles. The maximum Gasteiger partial charge on any atom is 0.226 e. The Labute approximate surface area is 228 Å². The van der Waals surface area contributed by atoms with Crippen molar-refractivity contribution in [3.05, 3.63) is 106 Å². The third-order valence-electron chi connectivity index (χ3n) is 6.23. The van der Waals surface area contributed by atoms with E-state index in [9.17, 15) is 9.18 Å². The highest BCUT2D eigenvalue weighted by Crippen LogP contribution is 2.41. The molecular weight excluding hydrogens is 555 g/mol. The number of hydrogen-bond acceptors (Lipinski definition) is 4. The molecule has 1 amide bonds.